The molecule has 0 bridgehead atoms. The summed E-state index contributed by atoms with van der Waals surface area (Å²) in [5.74, 6) is 1.59. The van der Waals surface area contributed by atoms with E-state index in [1.165, 1.54) is 19.3 Å². The van der Waals surface area contributed by atoms with Gasteiger partial charge in [0.15, 0.2) is 5.11 Å². The van der Waals surface area contributed by atoms with E-state index in [4.69, 9.17) is 21.7 Å². The summed E-state index contributed by atoms with van der Waals surface area (Å²) in [6, 6.07) is 15.7. The molecular formula is C26H31N3O3S. The van der Waals surface area contributed by atoms with Crippen LogP contribution < -0.4 is 20.3 Å². The van der Waals surface area contributed by atoms with Gasteiger partial charge in [0, 0.05) is 28.2 Å². The van der Waals surface area contributed by atoms with Crippen molar-refractivity contribution in [1.29, 1.82) is 0 Å². The second kappa shape index (κ2) is 10.7. The number of fused-ring (bicyclic) bond motifs is 1. The number of thiocarbonyl (C=S) groups is 1. The molecular weight excluding hydrogens is 434 g/mol. The van der Waals surface area contributed by atoms with Crippen molar-refractivity contribution in [3.63, 3.8) is 0 Å². The summed E-state index contributed by atoms with van der Waals surface area (Å²) in [7, 11) is 1.64. The Labute approximate surface area is 199 Å². The SMILES string of the molecule is CCOc1ccc(NC(=S)N(Cc2cc3cc(OC)ccc3[nH]c2=O)C2CCCCC2)cc1. The third-order valence-electron chi connectivity index (χ3n) is 6.16. The number of pyridine rings is 1. The number of aromatic amines is 1. The minimum atomic E-state index is -0.0858. The maximum Gasteiger partial charge on any atom is 0.253 e. The molecule has 1 aromatic heterocycles. The van der Waals surface area contributed by atoms with Gasteiger partial charge in [0.05, 0.1) is 20.3 Å². The summed E-state index contributed by atoms with van der Waals surface area (Å²) >= 11 is 5.85. The van der Waals surface area contributed by atoms with E-state index >= 15 is 0 Å². The number of aromatic nitrogens is 1. The smallest absolute Gasteiger partial charge is 0.253 e. The molecule has 1 heterocycles. The highest BCUT2D eigenvalue weighted by atomic mass is 32.1. The number of ether oxygens (including phenoxy) is 2. The zero-order chi connectivity index (χ0) is 23.2. The molecule has 33 heavy (non-hydrogen) atoms. The first-order valence-corrected chi connectivity index (χ1v) is 12.0. The van der Waals surface area contributed by atoms with Gasteiger partial charge in [-0.25, -0.2) is 0 Å². The number of H-pyrrole nitrogens is 1. The van der Waals surface area contributed by atoms with Gasteiger partial charge in [0.25, 0.3) is 5.56 Å². The predicted octanol–water partition coefficient (Wildman–Crippen LogP) is 5.47. The van der Waals surface area contributed by atoms with Crippen molar-refractivity contribution >= 4 is 33.9 Å². The van der Waals surface area contributed by atoms with Gasteiger partial charge in [0.2, 0.25) is 0 Å². The third kappa shape index (κ3) is 5.66. The third-order valence-corrected chi connectivity index (χ3v) is 6.50. The minimum absolute atomic E-state index is 0.0858. The second-order valence-corrected chi connectivity index (χ2v) is 8.77. The van der Waals surface area contributed by atoms with Gasteiger partial charge in [-0.05, 0) is 80.5 Å². The van der Waals surface area contributed by atoms with E-state index in [2.05, 4.69) is 15.2 Å². The van der Waals surface area contributed by atoms with E-state index in [1.54, 1.807) is 7.11 Å². The Kier molecular flexibility index (Phi) is 7.50. The van der Waals surface area contributed by atoms with Gasteiger partial charge in [-0.2, -0.15) is 0 Å². The molecule has 1 aliphatic rings. The first-order chi connectivity index (χ1) is 16.1. The van der Waals surface area contributed by atoms with Crippen molar-refractivity contribution in [2.75, 3.05) is 19.0 Å². The molecule has 7 heteroatoms. The maximum atomic E-state index is 12.9. The Morgan fingerprint density at radius 1 is 1.09 bits per heavy atom. The first kappa shape index (κ1) is 23.1. The Morgan fingerprint density at radius 2 is 1.82 bits per heavy atom. The summed E-state index contributed by atoms with van der Waals surface area (Å²) in [5, 5.41) is 4.95. The molecule has 1 aliphatic carbocycles. The van der Waals surface area contributed by atoms with Crippen molar-refractivity contribution in [2.24, 2.45) is 0 Å². The Balaban J connectivity index is 1.59. The predicted molar refractivity (Wildman–Crippen MR) is 137 cm³/mol. The number of methoxy groups -OCH3 is 1. The van der Waals surface area contributed by atoms with Crippen LogP contribution >= 0.6 is 12.2 Å². The topological polar surface area (TPSA) is 66.6 Å². The van der Waals surface area contributed by atoms with E-state index < -0.39 is 0 Å². The number of rotatable bonds is 7. The molecule has 6 nitrogen and oxygen atoms in total. The van der Waals surface area contributed by atoms with Gasteiger partial charge in [0.1, 0.15) is 11.5 Å². The van der Waals surface area contributed by atoms with Crippen LogP contribution in [-0.4, -0.2) is 34.8 Å². The fourth-order valence-electron chi connectivity index (χ4n) is 4.41. The van der Waals surface area contributed by atoms with Crippen LogP contribution in [0.1, 0.15) is 44.6 Å². The highest BCUT2D eigenvalue weighted by molar-refractivity contribution is 7.80. The molecule has 1 saturated carbocycles. The van der Waals surface area contributed by atoms with Crippen LogP contribution in [0.25, 0.3) is 10.9 Å². The summed E-state index contributed by atoms with van der Waals surface area (Å²) in [5.41, 5.74) is 2.31. The van der Waals surface area contributed by atoms with Crippen LogP contribution in [0.4, 0.5) is 5.69 Å². The molecule has 0 unspecified atom stereocenters. The van der Waals surface area contributed by atoms with Crippen LogP contribution in [0.2, 0.25) is 0 Å². The van der Waals surface area contributed by atoms with Gasteiger partial charge in [-0.1, -0.05) is 19.3 Å². The summed E-state index contributed by atoms with van der Waals surface area (Å²) in [6.45, 7) is 3.05. The van der Waals surface area contributed by atoms with Crippen molar-refractivity contribution in [2.45, 2.75) is 51.6 Å². The largest absolute Gasteiger partial charge is 0.497 e. The van der Waals surface area contributed by atoms with E-state index in [1.807, 2.05) is 55.5 Å². The monoisotopic (exact) mass is 465 g/mol. The first-order valence-electron chi connectivity index (χ1n) is 11.6. The average molecular weight is 466 g/mol. The summed E-state index contributed by atoms with van der Waals surface area (Å²) < 4.78 is 10.9. The standard InChI is InChI=1S/C26H31N3O3S/c1-3-32-22-11-9-20(10-12-22)27-26(33)29(21-7-5-4-6-8-21)17-19-15-18-16-23(31-2)13-14-24(18)28-25(19)30/h9-16,21H,3-8,17H2,1-2H3,(H,27,33)(H,28,30). The fraction of sp³-hybridized carbons (Fsp3) is 0.385. The molecule has 2 aromatic carbocycles. The van der Waals surface area contributed by atoms with Crippen molar-refractivity contribution < 1.29 is 9.47 Å². The molecule has 174 valence electrons. The van der Waals surface area contributed by atoms with Crippen LogP contribution in [-0.2, 0) is 6.54 Å². The molecule has 4 rings (SSSR count). The van der Waals surface area contributed by atoms with Gasteiger partial charge < -0.3 is 24.7 Å². The number of benzene rings is 2. The average Bonchev–Trinajstić information content (AvgIpc) is 2.84. The lowest BCUT2D eigenvalue weighted by atomic mass is 9.94. The lowest BCUT2D eigenvalue weighted by Gasteiger charge is -2.36. The summed E-state index contributed by atoms with van der Waals surface area (Å²) in [4.78, 5) is 18.1. The molecule has 0 saturated heterocycles. The van der Waals surface area contributed by atoms with Gasteiger partial charge in [-0.15, -0.1) is 0 Å². The fourth-order valence-corrected chi connectivity index (χ4v) is 4.75. The zero-order valence-electron chi connectivity index (χ0n) is 19.2. The Bertz CT molecular complexity index is 1150. The highest BCUT2D eigenvalue weighted by Crippen LogP contribution is 2.26. The number of hydrogen-bond acceptors (Lipinski definition) is 4. The minimum Gasteiger partial charge on any atom is -0.497 e. The van der Waals surface area contributed by atoms with E-state index in [0.717, 1.165) is 40.9 Å². The van der Waals surface area contributed by atoms with E-state index in [9.17, 15) is 4.79 Å². The number of anilines is 1. The molecule has 1 fully saturated rings. The Hall–Kier alpha value is -3.06. The number of hydrogen-bond donors (Lipinski definition) is 2. The number of nitrogens with one attached hydrogen (secondary N) is 2. The van der Waals surface area contributed by atoms with E-state index in [-0.39, 0.29) is 5.56 Å². The molecule has 3 aromatic rings. The van der Waals surface area contributed by atoms with Crippen LogP contribution in [0.5, 0.6) is 11.5 Å². The van der Waals surface area contributed by atoms with Crippen LogP contribution in [0.15, 0.2) is 53.3 Å². The molecule has 0 spiro atoms. The molecule has 2 N–H and O–H groups in total. The highest BCUT2D eigenvalue weighted by Gasteiger charge is 2.24. The van der Waals surface area contributed by atoms with Crippen LogP contribution in [0.3, 0.4) is 0 Å². The molecule has 0 atom stereocenters. The lowest BCUT2D eigenvalue weighted by molar-refractivity contribution is 0.240. The zero-order valence-corrected chi connectivity index (χ0v) is 20.0. The lowest BCUT2D eigenvalue weighted by Crippen LogP contribution is -2.44. The van der Waals surface area contributed by atoms with Gasteiger partial charge in [-0.3, -0.25) is 4.79 Å². The molecule has 0 amide bonds. The maximum absolute atomic E-state index is 12.9. The van der Waals surface area contributed by atoms with Crippen molar-refractivity contribution in [3.05, 3.63) is 64.4 Å². The molecule has 0 radical (unpaired) electrons. The van der Waals surface area contributed by atoms with Gasteiger partial charge >= 0.3 is 0 Å². The molecule has 0 aliphatic heterocycles. The quantitative estimate of drug-likeness (QED) is 0.451. The van der Waals surface area contributed by atoms with Crippen LogP contribution in [0, 0.1) is 0 Å². The summed E-state index contributed by atoms with van der Waals surface area (Å²) in [6.07, 6.45) is 5.75. The van der Waals surface area contributed by atoms with E-state index in [0.29, 0.717) is 29.9 Å². The van der Waals surface area contributed by atoms with Crippen molar-refractivity contribution in [3.8, 4) is 11.5 Å². The normalized spacial score (nSPS) is 14.1. The van der Waals surface area contributed by atoms with Crippen molar-refractivity contribution in [1.82, 2.24) is 9.88 Å². The second-order valence-electron chi connectivity index (χ2n) is 8.38. The Morgan fingerprint density at radius 3 is 2.52 bits per heavy atom. The number of nitrogens with zero attached hydrogens (tertiary/aromatic N) is 1.